The summed E-state index contributed by atoms with van der Waals surface area (Å²) < 4.78 is 5.26. The highest BCUT2D eigenvalue weighted by Gasteiger charge is 1.97. The molecule has 17 heavy (non-hydrogen) atoms. The Kier molecular flexibility index (Phi) is 3.55. The van der Waals surface area contributed by atoms with Crippen LogP contribution in [-0.4, -0.2) is 13.3 Å². The van der Waals surface area contributed by atoms with E-state index in [9.17, 15) is 0 Å². The van der Waals surface area contributed by atoms with Crippen molar-refractivity contribution in [1.29, 1.82) is 0 Å². The summed E-state index contributed by atoms with van der Waals surface area (Å²) in [6, 6.07) is 15.9. The van der Waals surface area contributed by atoms with Crippen LogP contribution in [0.5, 0.6) is 5.75 Å². The van der Waals surface area contributed by atoms with E-state index >= 15 is 0 Å². The fourth-order valence-electron chi connectivity index (χ4n) is 1.55. The first-order valence-corrected chi connectivity index (χ1v) is 5.53. The fraction of sp³-hybridized carbons (Fsp3) is 0.133. The van der Waals surface area contributed by atoms with Gasteiger partial charge in [-0.15, -0.1) is 0 Å². The Morgan fingerprint density at radius 3 is 2.41 bits per heavy atom. The molecular formula is C15H15NO. The van der Waals surface area contributed by atoms with Gasteiger partial charge in [-0.25, -0.2) is 0 Å². The monoisotopic (exact) mass is 225 g/mol. The summed E-state index contributed by atoms with van der Waals surface area (Å²) in [6.07, 6.45) is 1.82. The van der Waals surface area contributed by atoms with E-state index in [-0.39, 0.29) is 0 Å². The first-order valence-electron chi connectivity index (χ1n) is 5.53. The highest BCUT2D eigenvalue weighted by atomic mass is 16.5. The smallest absolute Gasteiger partial charge is 0.127 e. The Morgan fingerprint density at radius 2 is 1.71 bits per heavy atom. The van der Waals surface area contributed by atoms with Crippen molar-refractivity contribution in [2.45, 2.75) is 6.92 Å². The van der Waals surface area contributed by atoms with Gasteiger partial charge in [0.05, 0.1) is 12.8 Å². The van der Waals surface area contributed by atoms with E-state index in [0.717, 1.165) is 17.0 Å². The van der Waals surface area contributed by atoms with Crippen molar-refractivity contribution < 1.29 is 4.74 Å². The van der Waals surface area contributed by atoms with Crippen molar-refractivity contribution in [2.75, 3.05) is 7.11 Å². The molecule has 0 saturated carbocycles. The minimum Gasteiger partial charge on any atom is -0.496 e. The van der Waals surface area contributed by atoms with Crippen LogP contribution in [0.3, 0.4) is 0 Å². The van der Waals surface area contributed by atoms with E-state index in [1.165, 1.54) is 5.56 Å². The molecule has 0 unspecified atom stereocenters. The van der Waals surface area contributed by atoms with Gasteiger partial charge >= 0.3 is 0 Å². The van der Waals surface area contributed by atoms with Gasteiger partial charge < -0.3 is 4.74 Å². The lowest BCUT2D eigenvalue weighted by molar-refractivity contribution is 0.414. The molecule has 0 aliphatic heterocycles. The number of hydrogen-bond donors (Lipinski definition) is 0. The molecule has 2 rings (SSSR count). The molecule has 0 aliphatic rings. The Labute approximate surface area is 102 Å². The molecule has 0 radical (unpaired) electrons. The van der Waals surface area contributed by atoms with Gasteiger partial charge in [-0.05, 0) is 31.2 Å². The van der Waals surface area contributed by atoms with Gasteiger partial charge in [0.2, 0.25) is 0 Å². The van der Waals surface area contributed by atoms with Crippen LogP contribution in [0.1, 0.15) is 11.1 Å². The van der Waals surface area contributed by atoms with E-state index in [0.29, 0.717) is 0 Å². The predicted molar refractivity (Wildman–Crippen MR) is 71.4 cm³/mol. The highest BCUT2D eigenvalue weighted by molar-refractivity contribution is 5.85. The quantitative estimate of drug-likeness (QED) is 0.729. The maximum absolute atomic E-state index is 5.26. The summed E-state index contributed by atoms with van der Waals surface area (Å²) in [7, 11) is 1.67. The highest BCUT2D eigenvalue weighted by Crippen LogP contribution is 2.17. The van der Waals surface area contributed by atoms with Crippen LogP contribution < -0.4 is 4.74 Å². The molecule has 0 spiro atoms. The van der Waals surface area contributed by atoms with Crippen molar-refractivity contribution in [3.63, 3.8) is 0 Å². The molecule has 0 aromatic heterocycles. The molecule has 0 atom stereocenters. The Hall–Kier alpha value is -2.09. The normalized spacial score (nSPS) is 10.7. The molecular weight excluding hydrogens is 210 g/mol. The summed E-state index contributed by atoms with van der Waals surface area (Å²) in [4.78, 5) is 4.42. The second kappa shape index (κ2) is 5.30. The summed E-state index contributed by atoms with van der Waals surface area (Å²) in [5.41, 5.74) is 3.17. The number of hydrogen-bond acceptors (Lipinski definition) is 2. The molecule has 2 nitrogen and oxygen atoms in total. The number of para-hydroxylation sites is 1. The van der Waals surface area contributed by atoms with Crippen LogP contribution in [-0.2, 0) is 0 Å². The van der Waals surface area contributed by atoms with E-state index in [1.54, 1.807) is 7.11 Å². The molecule has 0 N–H and O–H groups in total. The second-order valence-electron chi connectivity index (χ2n) is 3.84. The third kappa shape index (κ3) is 2.94. The zero-order chi connectivity index (χ0) is 12.1. The third-order valence-corrected chi connectivity index (χ3v) is 2.53. The van der Waals surface area contributed by atoms with Crippen molar-refractivity contribution in [1.82, 2.24) is 0 Å². The molecule has 2 heteroatoms. The number of rotatable bonds is 3. The van der Waals surface area contributed by atoms with Crippen LogP contribution in [0.4, 0.5) is 5.69 Å². The molecule has 86 valence electrons. The number of ether oxygens (including phenoxy) is 1. The molecule has 0 amide bonds. The van der Waals surface area contributed by atoms with Crippen molar-refractivity contribution >= 4 is 11.9 Å². The van der Waals surface area contributed by atoms with Crippen molar-refractivity contribution in [2.24, 2.45) is 4.99 Å². The Balaban J connectivity index is 2.22. The maximum Gasteiger partial charge on any atom is 0.127 e. The van der Waals surface area contributed by atoms with Gasteiger partial charge in [0.15, 0.2) is 0 Å². The standard InChI is InChI=1S/C15H15NO/c1-12-7-9-14(10-8-12)16-11-13-5-3-4-6-15(13)17-2/h3-11H,1-2H3/b16-11+. The third-order valence-electron chi connectivity index (χ3n) is 2.53. The fourth-order valence-corrected chi connectivity index (χ4v) is 1.55. The molecule has 0 heterocycles. The van der Waals surface area contributed by atoms with Gasteiger partial charge in [0, 0.05) is 11.8 Å². The number of nitrogens with zero attached hydrogens (tertiary/aromatic N) is 1. The van der Waals surface area contributed by atoms with Gasteiger partial charge in [-0.3, -0.25) is 4.99 Å². The molecule has 2 aromatic carbocycles. The second-order valence-corrected chi connectivity index (χ2v) is 3.84. The van der Waals surface area contributed by atoms with E-state index in [4.69, 9.17) is 4.74 Å². The van der Waals surface area contributed by atoms with E-state index in [1.807, 2.05) is 42.6 Å². The average Bonchev–Trinajstić information content (AvgIpc) is 2.38. The van der Waals surface area contributed by atoms with Gasteiger partial charge in [0.25, 0.3) is 0 Å². The van der Waals surface area contributed by atoms with Crippen molar-refractivity contribution in [3.05, 3.63) is 59.7 Å². The first kappa shape index (κ1) is 11.4. The predicted octanol–water partition coefficient (Wildman–Crippen LogP) is 3.75. The van der Waals surface area contributed by atoms with Gasteiger partial charge in [-0.2, -0.15) is 0 Å². The minimum atomic E-state index is 0.836. The largest absolute Gasteiger partial charge is 0.496 e. The van der Waals surface area contributed by atoms with Crippen molar-refractivity contribution in [3.8, 4) is 5.75 Å². The molecule has 0 aliphatic carbocycles. The zero-order valence-electron chi connectivity index (χ0n) is 10.1. The maximum atomic E-state index is 5.26. The lowest BCUT2D eigenvalue weighted by atomic mass is 10.2. The van der Waals surface area contributed by atoms with Crippen LogP contribution in [0, 0.1) is 6.92 Å². The van der Waals surface area contributed by atoms with Crippen LogP contribution in [0.15, 0.2) is 53.5 Å². The van der Waals surface area contributed by atoms with Crippen LogP contribution in [0.25, 0.3) is 0 Å². The topological polar surface area (TPSA) is 21.6 Å². The lowest BCUT2D eigenvalue weighted by Gasteiger charge is -2.02. The van der Waals surface area contributed by atoms with E-state index < -0.39 is 0 Å². The Morgan fingerprint density at radius 1 is 1.00 bits per heavy atom. The van der Waals surface area contributed by atoms with Gasteiger partial charge in [0.1, 0.15) is 5.75 Å². The van der Waals surface area contributed by atoms with Gasteiger partial charge in [-0.1, -0.05) is 29.8 Å². The Bertz CT molecular complexity index is 515. The zero-order valence-corrected chi connectivity index (χ0v) is 10.1. The minimum absolute atomic E-state index is 0.836. The summed E-state index contributed by atoms with van der Waals surface area (Å²) in [5, 5.41) is 0. The number of benzene rings is 2. The van der Waals surface area contributed by atoms with Crippen LogP contribution in [0.2, 0.25) is 0 Å². The molecule has 0 saturated heterocycles. The van der Waals surface area contributed by atoms with Crippen LogP contribution >= 0.6 is 0 Å². The summed E-state index contributed by atoms with van der Waals surface area (Å²) in [5.74, 6) is 0.836. The molecule has 0 bridgehead atoms. The SMILES string of the molecule is COc1ccccc1/C=N/c1ccc(C)cc1. The molecule has 2 aromatic rings. The van der Waals surface area contributed by atoms with E-state index in [2.05, 4.69) is 24.0 Å². The number of aryl methyl sites for hydroxylation is 1. The summed E-state index contributed by atoms with van der Waals surface area (Å²) in [6.45, 7) is 2.06. The average molecular weight is 225 g/mol. The number of methoxy groups -OCH3 is 1. The summed E-state index contributed by atoms with van der Waals surface area (Å²) >= 11 is 0. The number of aliphatic imine (C=N–C) groups is 1. The first-order chi connectivity index (χ1) is 8.29. The molecule has 0 fully saturated rings. The lowest BCUT2D eigenvalue weighted by Crippen LogP contribution is -1.89.